The number of nitrogens with one attached hydrogen (secondary N) is 1. The maximum Gasteiger partial charge on any atom is 0.280 e. The van der Waals surface area contributed by atoms with E-state index >= 15 is 0 Å². The quantitative estimate of drug-likeness (QED) is 0.762. The van der Waals surface area contributed by atoms with E-state index in [9.17, 15) is 4.79 Å². The van der Waals surface area contributed by atoms with Crippen LogP contribution in [0.2, 0.25) is 0 Å². The number of rotatable bonds is 1. The molecule has 0 aliphatic carbocycles. The van der Waals surface area contributed by atoms with E-state index in [4.69, 9.17) is 0 Å². The van der Waals surface area contributed by atoms with Gasteiger partial charge >= 0.3 is 0 Å². The Morgan fingerprint density at radius 3 is 3.06 bits per heavy atom. The van der Waals surface area contributed by atoms with Gasteiger partial charge in [0.1, 0.15) is 0 Å². The minimum absolute atomic E-state index is 0.304. The molecule has 0 bridgehead atoms. The highest BCUT2D eigenvalue weighted by atomic mass is 32.1. The minimum Gasteiger partial charge on any atom is -0.317 e. The molecule has 1 unspecified atom stereocenters. The van der Waals surface area contributed by atoms with Crippen molar-refractivity contribution in [2.75, 3.05) is 11.9 Å². The molecule has 96 valence electrons. The highest BCUT2D eigenvalue weighted by Gasteiger charge is 2.28. The third-order valence-corrected chi connectivity index (χ3v) is 4.15. The molecule has 0 spiro atoms. The standard InChI is InChI=1S/C14H18N2OS/c17-14(18)15-12-5-4-10-8-13-3-1-2-6-16(13)9-11(10)7-12/h4-5,7,13H,1-3,6,8-9H2,(H2,15,17,18). The van der Waals surface area contributed by atoms with Gasteiger partial charge in [-0.15, -0.1) is 0 Å². The molecule has 1 saturated heterocycles. The van der Waals surface area contributed by atoms with Gasteiger partial charge in [-0.3, -0.25) is 9.69 Å². The van der Waals surface area contributed by atoms with Gasteiger partial charge in [0, 0.05) is 18.3 Å². The van der Waals surface area contributed by atoms with Gasteiger partial charge in [0.25, 0.3) is 5.24 Å². The fourth-order valence-corrected chi connectivity index (χ4v) is 3.27. The monoisotopic (exact) mass is 262 g/mol. The average Bonchev–Trinajstić information content (AvgIpc) is 2.35. The normalized spacial score (nSPS) is 23.1. The number of nitrogens with zero attached hydrogens (tertiary/aromatic N) is 1. The van der Waals surface area contributed by atoms with Crippen LogP contribution in [0.5, 0.6) is 0 Å². The van der Waals surface area contributed by atoms with Crippen molar-refractivity contribution in [2.24, 2.45) is 0 Å². The predicted molar refractivity (Wildman–Crippen MR) is 76.2 cm³/mol. The number of fused-ring (bicyclic) bond motifs is 2. The first-order chi connectivity index (χ1) is 8.72. The van der Waals surface area contributed by atoms with E-state index in [2.05, 4.69) is 35.0 Å². The van der Waals surface area contributed by atoms with E-state index in [1.165, 1.54) is 36.9 Å². The maximum absolute atomic E-state index is 11.0. The highest BCUT2D eigenvalue weighted by Crippen LogP contribution is 2.30. The summed E-state index contributed by atoms with van der Waals surface area (Å²) in [5.74, 6) is 0. The summed E-state index contributed by atoms with van der Waals surface area (Å²) in [4.78, 5) is 13.5. The summed E-state index contributed by atoms with van der Waals surface area (Å²) in [6.07, 6.45) is 5.17. The second kappa shape index (κ2) is 4.94. The van der Waals surface area contributed by atoms with Gasteiger partial charge in [-0.2, -0.15) is 0 Å². The van der Waals surface area contributed by atoms with E-state index in [1.54, 1.807) is 0 Å². The third kappa shape index (κ3) is 2.40. The fraction of sp³-hybridized carbons (Fsp3) is 0.500. The van der Waals surface area contributed by atoms with E-state index in [0.29, 0.717) is 0 Å². The summed E-state index contributed by atoms with van der Waals surface area (Å²) in [7, 11) is 0. The summed E-state index contributed by atoms with van der Waals surface area (Å²) in [5, 5.41) is 2.43. The highest BCUT2D eigenvalue weighted by molar-refractivity contribution is 7.96. The Hall–Kier alpha value is -1.00. The molecule has 3 rings (SSSR count). The van der Waals surface area contributed by atoms with Crippen LogP contribution in [0, 0.1) is 0 Å². The molecule has 1 amide bonds. The number of amides is 1. The molecule has 1 N–H and O–H groups in total. The van der Waals surface area contributed by atoms with Crippen LogP contribution in [0.1, 0.15) is 30.4 Å². The smallest absolute Gasteiger partial charge is 0.280 e. The molecule has 2 heterocycles. The Kier molecular flexibility index (Phi) is 3.31. The second-order valence-electron chi connectivity index (χ2n) is 5.24. The van der Waals surface area contributed by atoms with Crippen molar-refractivity contribution >= 4 is 23.6 Å². The van der Waals surface area contributed by atoms with Crippen LogP contribution in [0.3, 0.4) is 0 Å². The summed E-state index contributed by atoms with van der Waals surface area (Å²) in [6.45, 7) is 2.24. The Labute approximate surface area is 113 Å². The number of piperidine rings is 1. The zero-order chi connectivity index (χ0) is 12.5. The average molecular weight is 262 g/mol. The number of hydrogen-bond donors (Lipinski definition) is 2. The Bertz CT molecular complexity index is 475. The van der Waals surface area contributed by atoms with Gasteiger partial charge in [0.05, 0.1) is 0 Å². The van der Waals surface area contributed by atoms with Crippen molar-refractivity contribution in [1.29, 1.82) is 0 Å². The molecular formula is C14H18N2OS. The molecule has 0 saturated carbocycles. The lowest BCUT2D eigenvalue weighted by Crippen LogP contribution is -2.43. The summed E-state index contributed by atoms with van der Waals surface area (Å²) in [6, 6.07) is 6.96. The van der Waals surface area contributed by atoms with Crippen LogP contribution in [0.15, 0.2) is 18.2 Å². The van der Waals surface area contributed by atoms with Crippen LogP contribution < -0.4 is 5.32 Å². The van der Waals surface area contributed by atoms with Crippen molar-refractivity contribution in [1.82, 2.24) is 4.90 Å². The maximum atomic E-state index is 11.0. The van der Waals surface area contributed by atoms with Crippen molar-refractivity contribution < 1.29 is 4.79 Å². The molecule has 1 atom stereocenters. The fourth-order valence-electron chi connectivity index (χ4n) is 3.15. The zero-order valence-corrected chi connectivity index (χ0v) is 11.2. The van der Waals surface area contributed by atoms with Crippen molar-refractivity contribution in [3.05, 3.63) is 29.3 Å². The number of carbonyl (C=O) groups excluding carboxylic acids is 1. The van der Waals surface area contributed by atoms with Crippen LogP contribution in [-0.4, -0.2) is 22.7 Å². The minimum atomic E-state index is -0.304. The second-order valence-corrected chi connectivity index (χ2v) is 5.64. The van der Waals surface area contributed by atoms with Crippen molar-refractivity contribution in [2.45, 2.75) is 38.3 Å². The molecule has 2 aliphatic rings. The van der Waals surface area contributed by atoms with Gasteiger partial charge in [-0.25, -0.2) is 0 Å². The summed E-state index contributed by atoms with van der Waals surface area (Å²) >= 11 is 3.75. The third-order valence-electron chi connectivity index (χ3n) is 4.04. The van der Waals surface area contributed by atoms with Gasteiger partial charge in [0.15, 0.2) is 0 Å². The molecule has 1 aromatic rings. The zero-order valence-electron chi connectivity index (χ0n) is 10.4. The first kappa shape index (κ1) is 12.1. The van der Waals surface area contributed by atoms with E-state index in [-0.39, 0.29) is 5.24 Å². The number of thiol groups is 1. The molecule has 4 heteroatoms. The summed E-state index contributed by atoms with van der Waals surface area (Å²) < 4.78 is 0. The van der Waals surface area contributed by atoms with E-state index < -0.39 is 0 Å². The lowest BCUT2D eigenvalue weighted by atomic mass is 9.88. The van der Waals surface area contributed by atoms with Crippen LogP contribution in [-0.2, 0) is 13.0 Å². The molecule has 18 heavy (non-hydrogen) atoms. The molecule has 2 aliphatic heterocycles. The Morgan fingerprint density at radius 1 is 1.33 bits per heavy atom. The lowest BCUT2D eigenvalue weighted by molar-refractivity contribution is 0.127. The molecular weight excluding hydrogens is 244 g/mol. The molecule has 0 aromatic heterocycles. The predicted octanol–water partition coefficient (Wildman–Crippen LogP) is 3.06. The van der Waals surface area contributed by atoms with Crippen LogP contribution in [0.25, 0.3) is 0 Å². The first-order valence-electron chi connectivity index (χ1n) is 6.58. The van der Waals surface area contributed by atoms with Crippen molar-refractivity contribution in [3.63, 3.8) is 0 Å². The molecule has 1 fully saturated rings. The number of hydrogen-bond acceptors (Lipinski definition) is 2. The van der Waals surface area contributed by atoms with Gasteiger partial charge in [0.2, 0.25) is 0 Å². The summed E-state index contributed by atoms with van der Waals surface area (Å²) in [5.41, 5.74) is 3.65. The molecule has 1 aromatic carbocycles. The topological polar surface area (TPSA) is 32.3 Å². The molecule has 3 nitrogen and oxygen atoms in total. The number of benzene rings is 1. The SMILES string of the molecule is O=C(S)Nc1ccc2c(c1)CN1CCCCC1C2. The van der Waals surface area contributed by atoms with Crippen molar-refractivity contribution in [3.8, 4) is 0 Å². The number of anilines is 1. The lowest BCUT2D eigenvalue weighted by Gasteiger charge is -2.40. The van der Waals surface area contributed by atoms with E-state index in [0.717, 1.165) is 24.7 Å². The Balaban J connectivity index is 1.84. The van der Waals surface area contributed by atoms with Gasteiger partial charge in [-0.05, 0) is 49.1 Å². The molecule has 0 radical (unpaired) electrons. The van der Waals surface area contributed by atoms with Gasteiger partial charge in [-0.1, -0.05) is 25.1 Å². The van der Waals surface area contributed by atoms with Crippen LogP contribution >= 0.6 is 12.6 Å². The largest absolute Gasteiger partial charge is 0.317 e. The Morgan fingerprint density at radius 2 is 2.22 bits per heavy atom. The van der Waals surface area contributed by atoms with E-state index in [1.807, 2.05) is 6.07 Å². The number of carbonyl (C=O) groups is 1. The first-order valence-corrected chi connectivity index (χ1v) is 7.03. The van der Waals surface area contributed by atoms with Gasteiger partial charge < -0.3 is 5.32 Å². The van der Waals surface area contributed by atoms with Crippen LogP contribution in [0.4, 0.5) is 10.5 Å².